The van der Waals surface area contributed by atoms with E-state index in [9.17, 15) is 4.79 Å². The molecule has 0 bridgehead atoms. The molecular weight excluding hydrogens is 274 g/mol. The SMILES string of the molecule is CNc1cc(C(=O)O)nc(-c2cc(OC)ccc2OC)n1. The molecule has 1 aromatic carbocycles. The molecule has 0 atom stereocenters. The topological polar surface area (TPSA) is 93.6 Å². The summed E-state index contributed by atoms with van der Waals surface area (Å²) >= 11 is 0. The van der Waals surface area contributed by atoms with Gasteiger partial charge in [0.05, 0.1) is 19.8 Å². The third-order valence-electron chi connectivity index (χ3n) is 2.85. The van der Waals surface area contributed by atoms with E-state index in [1.807, 2.05) is 0 Å². The first kappa shape index (κ1) is 14.6. The summed E-state index contributed by atoms with van der Waals surface area (Å²) in [5.74, 6) is 0.649. The number of carboxylic acid groups (broad SMARTS) is 1. The highest BCUT2D eigenvalue weighted by atomic mass is 16.5. The van der Waals surface area contributed by atoms with E-state index >= 15 is 0 Å². The van der Waals surface area contributed by atoms with Crippen LogP contribution in [-0.2, 0) is 0 Å². The van der Waals surface area contributed by atoms with E-state index in [-0.39, 0.29) is 11.5 Å². The summed E-state index contributed by atoms with van der Waals surface area (Å²) in [5.41, 5.74) is 0.450. The van der Waals surface area contributed by atoms with E-state index in [2.05, 4.69) is 15.3 Å². The number of aromatic nitrogens is 2. The predicted octanol–water partition coefficient (Wildman–Crippen LogP) is 1.90. The second-order valence-electron chi connectivity index (χ2n) is 4.08. The van der Waals surface area contributed by atoms with Crippen molar-refractivity contribution in [3.05, 3.63) is 30.0 Å². The molecule has 1 heterocycles. The Hall–Kier alpha value is -2.83. The Morgan fingerprint density at radius 3 is 2.52 bits per heavy atom. The van der Waals surface area contributed by atoms with Crippen molar-refractivity contribution in [2.75, 3.05) is 26.6 Å². The first-order valence-corrected chi connectivity index (χ1v) is 6.11. The highest BCUT2D eigenvalue weighted by molar-refractivity contribution is 5.87. The van der Waals surface area contributed by atoms with Crippen LogP contribution in [0, 0.1) is 0 Å². The molecule has 2 rings (SSSR count). The molecule has 0 radical (unpaired) electrons. The van der Waals surface area contributed by atoms with Gasteiger partial charge in [-0.05, 0) is 18.2 Å². The van der Waals surface area contributed by atoms with Gasteiger partial charge in [0, 0.05) is 13.1 Å². The molecule has 0 amide bonds. The normalized spacial score (nSPS) is 10.0. The maximum Gasteiger partial charge on any atom is 0.354 e. The van der Waals surface area contributed by atoms with E-state index in [0.29, 0.717) is 22.9 Å². The molecule has 1 aromatic heterocycles. The summed E-state index contributed by atoms with van der Waals surface area (Å²) in [5, 5.41) is 11.9. The van der Waals surface area contributed by atoms with Crippen molar-refractivity contribution in [2.24, 2.45) is 0 Å². The van der Waals surface area contributed by atoms with Gasteiger partial charge in [-0.3, -0.25) is 0 Å². The van der Waals surface area contributed by atoms with E-state index in [4.69, 9.17) is 14.6 Å². The van der Waals surface area contributed by atoms with Gasteiger partial charge >= 0.3 is 5.97 Å². The van der Waals surface area contributed by atoms with Crippen molar-refractivity contribution in [2.45, 2.75) is 0 Å². The fraction of sp³-hybridized carbons (Fsp3) is 0.214. The molecule has 2 aromatic rings. The number of benzene rings is 1. The Morgan fingerprint density at radius 1 is 1.19 bits per heavy atom. The number of methoxy groups -OCH3 is 2. The summed E-state index contributed by atoms with van der Waals surface area (Å²) in [4.78, 5) is 19.5. The van der Waals surface area contributed by atoms with Crippen LogP contribution in [0.15, 0.2) is 24.3 Å². The van der Waals surface area contributed by atoms with Gasteiger partial charge in [0.2, 0.25) is 0 Å². The molecule has 0 spiro atoms. The van der Waals surface area contributed by atoms with Gasteiger partial charge in [0.1, 0.15) is 17.3 Å². The number of hydrogen-bond donors (Lipinski definition) is 2. The molecule has 0 aliphatic carbocycles. The van der Waals surface area contributed by atoms with Crippen molar-refractivity contribution in [1.29, 1.82) is 0 Å². The first-order chi connectivity index (χ1) is 10.1. The summed E-state index contributed by atoms with van der Waals surface area (Å²) in [6.07, 6.45) is 0. The van der Waals surface area contributed by atoms with Crippen LogP contribution in [0.1, 0.15) is 10.5 Å². The Balaban J connectivity index is 2.64. The number of aromatic carboxylic acids is 1. The zero-order valence-electron chi connectivity index (χ0n) is 11.9. The number of carbonyl (C=O) groups is 1. The van der Waals surface area contributed by atoms with E-state index < -0.39 is 5.97 Å². The van der Waals surface area contributed by atoms with Crippen LogP contribution < -0.4 is 14.8 Å². The van der Waals surface area contributed by atoms with Gasteiger partial charge < -0.3 is 19.9 Å². The lowest BCUT2D eigenvalue weighted by molar-refractivity contribution is 0.0690. The van der Waals surface area contributed by atoms with E-state index in [0.717, 1.165) is 0 Å². The molecule has 0 unspecified atom stereocenters. The lowest BCUT2D eigenvalue weighted by Crippen LogP contribution is -2.06. The molecule has 7 heteroatoms. The standard InChI is InChI=1S/C14H15N3O4/c1-15-12-7-10(14(18)19)16-13(17-12)9-6-8(20-2)4-5-11(9)21-3/h4-7H,1-3H3,(H,18,19)(H,15,16,17). The van der Waals surface area contributed by atoms with Gasteiger partial charge in [-0.15, -0.1) is 0 Å². The Labute approximate surface area is 121 Å². The molecule has 7 nitrogen and oxygen atoms in total. The lowest BCUT2D eigenvalue weighted by Gasteiger charge is -2.11. The smallest absolute Gasteiger partial charge is 0.354 e. The maximum atomic E-state index is 11.2. The Morgan fingerprint density at radius 2 is 1.95 bits per heavy atom. The van der Waals surface area contributed by atoms with Gasteiger partial charge in [-0.25, -0.2) is 14.8 Å². The van der Waals surface area contributed by atoms with Crippen molar-refractivity contribution >= 4 is 11.8 Å². The Kier molecular flexibility index (Phi) is 4.22. The number of nitrogens with zero attached hydrogens (tertiary/aromatic N) is 2. The fourth-order valence-electron chi connectivity index (χ4n) is 1.79. The number of carboxylic acids is 1. The Bertz CT molecular complexity index is 673. The van der Waals surface area contributed by atoms with Crippen LogP contribution in [0.3, 0.4) is 0 Å². The highest BCUT2D eigenvalue weighted by Crippen LogP contribution is 2.32. The van der Waals surface area contributed by atoms with Gasteiger partial charge in [0.25, 0.3) is 0 Å². The average Bonchev–Trinajstić information content (AvgIpc) is 2.53. The van der Waals surface area contributed by atoms with E-state index in [1.165, 1.54) is 13.2 Å². The van der Waals surface area contributed by atoms with Crippen molar-refractivity contribution in [1.82, 2.24) is 9.97 Å². The molecule has 0 fully saturated rings. The maximum absolute atomic E-state index is 11.2. The van der Waals surface area contributed by atoms with Crippen LogP contribution in [0.4, 0.5) is 5.82 Å². The monoisotopic (exact) mass is 289 g/mol. The van der Waals surface area contributed by atoms with Crippen molar-refractivity contribution in [3.8, 4) is 22.9 Å². The molecule has 0 aliphatic heterocycles. The average molecular weight is 289 g/mol. The minimum Gasteiger partial charge on any atom is -0.497 e. The minimum atomic E-state index is -1.13. The molecule has 2 N–H and O–H groups in total. The lowest BCUT2D eigenvalue weighted by atomic mass is 10.1. The molecular formula is C14H15N3O4. The number of anilines is 1. The minimum absolute atomic E-state index is 0.103. The third-order valence-corrected chi connectivity index (χ3v) is 2.85. The number of hydrogen-bond acceptors (Lipinski definition) is 6. The predicted molar refractivity (Wildman–Crippen MR) is 77.1 cm³/mol. The molecule has 0 aliphatic rings. The van der Waals surface area contributed by atoms with Crippen molar-refractivity contribution < 1.29 is 19.4 Å². The molecule has 0 saturated heterocycles. The number of nitrogens with one attached hydrogen (secondary N) is 1. The fourth-order valence-corrected chi connectivity index (χ4v) is 1.79. The largest absolute Gasteiger partial charge is 0.497 e. The van der Waals surface area contributed by atoms with Gasteiger partial charge in [0.15, 0.2) is 11.5 Å². The zero-order valence-corrected chi connectivity index (χ0v) is 11.9. The highest BCUT2D eigenvalue weighted by Gasteiger charge is 2.15. The van der Waals surface area contributed by atoms with Gasteiger partial charge in [-0.1, -0.05) is 0 Å². The quantitative estimate of drug-likeness (QED) is 0.868. The van der Waals surface area contributed by atoms with Crippen LogP contribution in [0.5, 0.6) is 11.5 Å². The number of ether oxygens (including phenoxy) is 2. The zero-order chi connectivity index (χ0) is 15.4. The summed E-state index contributed by atoms with van der Waals surface area (Å²) in [6, 6.07) is 6.50. The van der Waals surface area contributed by atoms with E-state index in [1.54, 1.807) is 32.4 Å². The van der Waals surface area contributed by atoms with Crippen LogP contribution in [0.2, 0.25) is 0 Å². The van der Waals surface area contributed by atoms with Gasteiger partial charge in [-0.2, -0.15) is 0 Å². The summed E-state index contributed by atoms with van der Waals surface area (Å²) in [6.45, 7) is 0. The van der Waals surface area contributed by atoms with Crippen molar-refractivity contribution in [3.63, 3.8) is 0 Å². The van der Waals surface area contributed by atoms with Crippen LogP contribution >= 0.6 is 0 Å². The second kappa shape index (κ2) is 6.08. The van der Waals surface area contributed by atoms with Crippen LogP contribution in [-0.4, -0.2) is 42.3 Å². The number of rotatable bonds is 5. The first-order valence-electron chi connectivity index (χ1n) is 6.11. The molecule has 21 heavy (non-hydrogen) atoms. The summed E-state index contributed by atoms with van der Waals surface area (Å²) < 4.78 is 10.4. The molecule has 110 valence electrons. The van der Waals surface area contributed by atoms with Crippen LogP contribution in [0.25, 0.3) is 11.4 Å². The molecule has 0 saturated carbocycles. The summed E-state index contributed by atoms with van der Waals surface area (Å²) in [7, 11) is 4.71. The third kappa shape index (κ3) is 3.02. The second-order valence-corrected chi connectivity index (χ2v) is 4.08.